The zero-order chi connectivity index (χ0) is 27.4. The van der Waals surface area contributed by atoms with Crippen molar-refractivity contribution in [3.8, 4) is 5.75 Å². The molecule has 0 spiro atoms. The number of methoxy groups -OCH3 is 1. The lowest BCUT2D eigenvalue weighted by molar-refractivity contribution is -0.114. The Morgan fingerprint density at radius 2 is 1.57 bits per heavy atom. The Labute approximate surface area is 222 Å². The van der Waals surface area contributed by atoms with Gasteiger partial charge in [0.05, 0.1) is 24.1 Å². The maximum absolute atomic E-state index is 12.8. The van der Waals surface area contributed by atoms with Crippen molar-refractivity contribution < 1.29 is 22.7 Å². The molecule has 0 heterocycles. The van der Waals surface area contributed by atoms with Crippen molar-refractivity contribution in [2.75, 3.05) is 34.8 Å². The van der Waals surface area contributed by atoms with Gasteiger partial charge in [-0.2, -0.15) is 0 Å². The second-order valence-electron chi connectivity index (χ2n) is 9.50. The first-order valence-electron chi connectivity index (χ1n) is 11.4. The van der Waals surface area contributed by atoms with E-state index in [1.807, 2.05) is 12.1 Å². The zero-order valence-corrected chi connectivity index (χ0v) is 22.9. The van der Waals surface area contributed by atoms with Crippen LogP contribution in [0.25, 0.3) is 0 Å². The summed E-state index contributed by atoms with van der Waals surface area (Å²) in [4.78, 5) is 25.5. The Bertz CT molecular complexity index is 1400. The van der Waals surface area contributed by atoms with Crippen LogP contribution in [-0.2, 0) is 20.2 Å². The average Bonchev–Trinajstić information content (AvgIpc) is 2.81. The molecule has 0 unspecified atom stereocenters. The normalized spacial score (nSPS) is 11.5. The van der Waals surface area contributed by atoms with Gasteiger partial charge in [-0.05, 0) is 59.5 Å². The highest BCUT2D eigenvalue weighted by atomic mass is 35.5. The van der Waals surface area contributed by atoms with Crippen LogP contribution in [0, 0.1) is 0 Å². The van der Waals surface area contributed by atoms with Crippen molar-refractivity contribution in [1.82, 2.24) is 0 Å². The minimum absolute atomic E-state index is 0.0200. The SMILES string of the molecule is COc1ccc(N(CC(=O)Nc2cccc(NC(=O)c3ccc(C(C)(C)C)cc3)c2)S(C)(=O)=O)cc1Cl. The van der Waals surface area contributed by atoms with Gasteiger partial charge >= 0.3 is 0 Å². The predicted octanol–water partition coefficient (Wildman–Crippen LogP) is 5.30. The molecule has 0 radical (unpaired) electrons. The zero-order valence-electron chi connectivity index (χ0n) is 21.3. The third-order valence-electron chi connectivity index (χ3n) is 5.53. The second kappa shape index (κ2) is 11.2. The van der Waals surface area contributed by atoms with Gasteiger partial charge in [0, 0.05) is 16.9 Å². The van der Waals surface area contributed by atoms with E-state index in [-0.39, 0.29) is 22.0 Å². The van der Waals surface area contributed by atoms with Gasteiger partial charge in [-0.25, -0.2) is 8.42 Å². The summed E-state index contributed by atoms with van der Waals surface area (Å²) in [5, 5.41) is 5.70. The number of nitrogens with one attached hydrogen (secondary N) is 2. The molecule has 8 nitrogen and oxygen atoms in total. The number of carbonyl (C=O) groups excluding carboxylic acids is 2. The van der Waals surface area contributed by atoms with Crippen LogP contribution < -0.4 is 19.7 Å². The fraction of sp³-hybridized carbons (Fsp3) is 0.259. The Kier molecular flexibility index (Phi) is 8.50. The first kappa shape index (κ1) is 28.0. The van der Waals surface area contributed by atoms with E-state index >= 15 is 0 Å². The van der Waals surface area contributed by atoms with E-state index in [2.05, 4.69) is 31.4 Å². The number of hydrogen-bond acceptors (Lipinski definition) is 5. The number of hydrogen-bond donors (Lipinski definition) is 2. The molecule has 196 valence electrons. The summed E-state index contributed by atoms with van der Waals surface area (Å²) >= 11 is 6.14. The minimum Gasteiger partial charge on any atom is -0.495 e. The summed E-state index contributed by atoms with van der Waals surface area (Å²) in [5.74, 6) is -0.477. The number of sulfonamides is 1. The summed E-state index contributed by atoms with van der Waals surface area (Å²) in [7, 11) is -2.35. The summed E-state index contributed by atoms with van der Waals surface area (Å²) in [6.07, 6.45) is 1.00. The molecule has 3 rings (SSSR count). The molecule has 0 fully saturated rings. The van der Waals surface area contributed by atoms with Crippen molar-refractivity contribution in [2.45, 2.75) is 26.2 Å². The third-order valence-corrected chi connectivity index (χ3v) is 6.96. The van der Waals surface area contributed by atoms with Gasteiger partial charge in [0.25, 0.3) is 5.91 Å². The van der Waals surface area contributed by atoms with Crippen LogP contribution in [0.15, 0.2) is 66.7 Å². The molecule has 0 bridgehead atoms. The summed E-state index contributed by atoms with van der Waals surface area (Å²) in [6, 6.07) is 18.4. The second-order valence-corrected chi connectivity index (χ2v) is 11.8. The number of anilines is 3. The molecule has 0 aromatic heterocycles. The monoisotopic (exact) mass is 543 g/mol. The molecule has 3 aromatic rings. The van der Waals surface area contributed by atoms with Crippen LogP contribution in [-0.4, -0.2) is 40.1 Å². The molecule has 3 aromatic carbocycles. The van der Waals surface area contributed by atoms with Gasteiger partial charge in [0.1, 0.15) is 12.3 Å². The largest absolute Gasteiger partial charge is 0.495 e. The van der Waals surface area contributed by atoms with Gasteiger partial charge in [-0.1, -0.05) is 50.6 Å². The van der Waals surface area contributed by atoms with Gasteiger partial charge in [0.2, 0.25) is 15.9 Å². The molecule has 10 heteroatoms. The molecule has 0 saturated heterocycles. The van der Waals surface area contributed by atoms with Crippen LogP contribution in [0.5, 0.6) is 5.75 Å². The molecular weight excluding hydrogens is 514 g/mol. The fourth-order valence-corrected chi connectivity index (χ4v) is 4.64. The Morgan fingerprint density at radius 3 is 2.11 bits per heavy atom. The molecule has 2 amide bonds. The lowest BCUT2D eigenvalue weighted by atomic mass is 9.87. The molecular formula is C27H30ClN3O5S. The van der Waals surface area contributed by atoms with Crippen molar-refractivity contribution in [3.05, 3.63) is 82.9 Å². The highest BCUT2D eigenvalue weighted by molar-refractivity contribution is 7.92. The third kappa shape index (κ3) is 7.47. The number of halogens is 1. The van der Waals surface area contributed by atoms with Crippen molar-refractivity contribution in [1.29, 1.82) is 0 Å². The van der Waals surface area contributed by atoms with E-state index in [0.717, 1.165) is 16.1 Å². The van der Waals surface area contributed by atoms with E-state index in [4.69, 9.17) is 16.3 Å². The maximum atomic E-state index is 12.8. The van der Waals surface area contributed by atoms with Crippen LogP contribution in [0.2, 0.25) is 5.02 Å². The van der Waals surface area contributed by atoms with Gasteiger partial charge in [-0.15, -0.1) is 0 Å². The lowest BCUT2D eigenvalue weighted by Gasteiger charge is -2.22. The highest BCUT2D eigenvalue weighted by Crippen LogP contribution is 2.30. The van der Waals surface area contributed by atoms with E-state index in [1.165, 1.54) is 25.3 Å². The Balaban J connectivity index is 1.71. The van der Waals surface area contributed by atoms with E-state index in [9.17, 15) is 18.0 Å². The average molecular weight is 544 g/mol. The number of nitrogens with zero attached hydrogens (tertiary/aromatic N) is 1. The topological polar surface area (TPSA) is 105 Å². The minimum atomic E-state index is -3.79. The molecule has 2 N–H and O–H groups in total. The number of amides is 2. The maximum Gasteiger partial charge on any atom is 0.255 e. The fourth-order valence-electron chi connectivity index (χ4n) is 3.54. The van der Waals surface area contributed by atoms with Crippen molar-refractivity contribution in [2.24, 2.45) is 0 Å². The van der Waals surface area contributed by atoms with Gasteiger partial charge < -0.3 is 15.4 Å². The predicted molar refractivity (Wildman–Crippen MR) is 148 cm³/mol. The van der Waals surface area contributed by atoms with Gasteiger partial charge in [-0.3, -0.25) is 13.9 Å². The Hall–Kier alpha value is -3.56. The first-order valence-corrected chi connectivity index (χ1v) is 13.6. The summed E-state index contributed by atoms with van der Waals surface area (Å²) in [6.45, 7) is 5.83. The Morgan fingerprint density at radius 1 is 0.946 bits per heavy atom. The molecule has 37 heavy (non-hydrogen) atoms. The van der Waals surface area contributed by atoms with Crippen molar-refractivity contribution >= 4 is 50.5 Å². The van der Waals surface area contributed by atoms with Crippen LogP contribution in [0.4, 0.5) is 17.1 Å². The number of carbonyl (C=O) groups is 2. The quantitative estimate of drug-likeness (QED) is 0.401. The smallest absolute Gasteiger partial charge is 0.255 e. The van der Waals surface area contributed by atoms with E-state index in [0.29, 0.717) is 22.7 Å². The number of benzene rings is 3. The van der Waals surface area contributed by atoms with Crippen LogP contribution >= 0.6 is 11.6 Å². The summed E-state index contributed by atoms with van der Waals surface area (Å²) in [5.41, 5.74) is 2.70. The molecule has 0 atom stereocenters. The molecule has 0 saturated carbocycles. The number of rotatable bonds is 8. The van der Waals surface area contributed by atoms with Gasteiger partial charge in [0.15, 0.2) is 0 Å². The lowest BCUT2D eigenvalue weighted by Crippen LogP contribution is -2.37. The van der Waals surface area contributed by atoms with Crippen LogP contribution in [0.3, 0.4) is 0 Å². The molecule has 0 aliphatic heterocycles. The highest BCUT2D eigenvalue weighted by Gasteiger charge is 2.22. The van der Waals surface area contributed by atoms with E-state index in [1.54, 1.807) is 36.4 Å². The molecule has 0 aliphatic rings. The summed E-state index contributed by atoms with van der Waals surface area (Å²) < 4.78 is 30.8. The van der Waals surface area contributed by atoms with E-state index < -0.39 is 22.5 Å². The first-order chi connectivity index (χ1) is 17.3. The van der Waals surface area contributed by atoms with Crippen LogP contribution in [0.1, 0.15) is 36.7 Å². The number of ether oxygens (including phenoxy) is 1. The standard InChI is InChI=1S/C27H30ClN3O5S/c1-27(2,3)19-11-9-18(10-12-19)26(33)30-21-8-6-7-20(15-21)29-25(32)17-31(37(5,34)35)22-13-14-24(36-4)23(28)16-22/h6-16H,17H2,1-5H3,(H,29,32)(H,30,33). The molecule has 0 aliphatic carbocycles. The van der Waals surface area contributed by atoms with Crippen molar-refractivity contribution in [3.63, 3.8) is 0 Å².